The van der Waals surface area contributed by atoms with E-state index in [9.17, 15) is 4.39 Å². The van der Waals surface area contributed by atoms with E-state index in [0.29, 0.717) is 5.92 Å². The molecule has 0 amide bonds. The van der Waals surface area contributed by atoms with Crippen molar-refractivity contribution >= 4 is 0 Å². The molecule has 1 heterocycles. The summed E-state index contributed by atoms with van der Waals surface area (Å²) in [6, 6.07) is 6.55. The van der Waals surface area contributed by atoms with Gasteiger partial charge in [0.15, 0.2) is 0 Å². The first kappa shape index (κ1) is 9.62. The van der Waals surface area contributed by atoms with Gasteiger partial charge >= 0.3 is 0 Å². The van der Waals surface area contributed by atoms with E-state index in [1.807, 2.05) is 0 Å². The summed E-state index contributed by atoms with van der Waals surface area (Å²) in [5.41, 5.74) is 1.11. The van der Waals surface area contributed by atoms with Gasteiger partial charge in [-0.3, -0.25) is 0 Å². The summed E-state index contributed by atoms with van der Waals surface area (Å²) in [5, 5.41) is 12.4. The van der Waals surface area contributed by atoms with Crippen LogP contribution in [0.25, 0.3) is 0 Å². The van der Waals surface area contributed by atoms with Crippen molar-refractivity contribution in [3.8, 4) is 0 Å². The summed E-state index contributed by atoms with van der Waals surface area (Å²) in [6.45, 7) is 1.91. The molecule has 0 saturated carbocycles. The third-order valence-electron chi connectivity index (χ3n) is 2.87. The number of hydrogen-bond donors (Lipinski definition) is 2. The molecule has 0 unspecified atom stereocenters. The van der Waals surface area contributed by atoms with Gasteiger partial charge in [0.1, 0.15) is 5.82 Å². The number of hydrogen-bond acceptors (Lipinski definition) is 2. The SMILES string of the molecule is OC[C@H]1CNC[C@@H]1c1ccc(F)cc1. The van der Waals surface area contributed by atoms with Crippen molar-refractivity contribution < 1.29 is 9.50 Å². The predicted octanol–water partition coefficient (Wildman–Crippen LogP) is 1.12. The van der Waals surface area contributed by atoms with Crippen molar-refractivity contribution in [2.24, 2.45) is 5.92 Å². The van der Waals surface area contributed by atoms with Crippen molar-refractivity contribution in [3.63, 3.8) is 0 Å². The minimum Gasteiger partial charge on any atom is -0.396 e. The molecule has 1 aliphatic heterocycles. The lowest BCUT2D eigenvalue weighted by molar-refractivity contribution is 0.226. The minimum atomic E-state index is -0.208. The van der Waals surface area contributed by atoms with E-state index in [1.165, 1.54) is 12.1 Å². The number of nitrogens with one attached hydrogen (secondary N) is 1. The Bertz CT molecular complexity index is 299. The van der Waals surface area contributed by atoms with Gasteiger partial charge in [-0.2, -0.15) is 0 Å². The molecule has 1 fully saturated rings. The Kier molecular flexibility index (Phi) is 2.79. The molecule has 2 rings (SSSR count). The lowest BCUT2D eigenvalue weighted by Crippen LogP contribution is -2.14. The summed E-state index contributed by atoms with van der Waals surface area (Å²) >= 11 is 0. The third-order valence-corrected chi connectivity index (χ3v) is 2.87. The molecule has 76 valence electrons. The van der Waals surface area contributed by atoms with Crippen LogP contribution in [0.4, 0.5) is 4.39 Å². The molecule has 2 nitrogen and oxygen atoms in total. The Balaban J connectivity index is 2.17. The lowest BCUT2D eigenvalue weighted by Gasteiger charge is -2.16. The van der Waals surface area contributed by atoms with Gasteiger partial charge in [0.05, 0.1) is 0 Å². The fourth-order valence-electron chi connectivity index (χ4n) is 2.02. The molecule has 1 aromatic carbocycles. The molecular formula is C11H14FNO. The van der Waals surface area contributed by atoms with Crippen LogP contribution >= 0.6 is 0 Å². The Morgan fingerprint density at radius 3 is 2.64 bits per heavy atom. The second kappa shape index (κ2) is 4.07. The van der Waals surface area contributed by atoms with Crippen molar-refractivity contribution in [3.05, 3.63) is 35.6 Å². The van der Waals surface area contributed by atoms with Crippen molar-refractivity contribution in [2.45, 2.75) is 5.92 Å². The van der Waals surface area contributed by atoms with Crippen molar-refractivity contribution in [2.75, 3.05) is 19.7 Å². The highest BCUT2D eigenvalue weighted by atomic mass is 19.1. The number of benzene rings is 1. The monoisotopic (exact) mass is 195 g/mol. The lowest BCUT2D eigenvalue weighted by atomic mass is 9.89. The van der Waals surface area contributed by atoms with Gasteiger partial charge in [-0.1, -0.05) is 12.1 Å². The Hall–Kier alpha value is -0.930. The summed E-state index contributed by atoms with van der Waals surface area (Å²) < 4.78 is 12.7. The van der Waals surface area contributed by atoms with Gasteiger partial charge in [0.25, 0.3) is 0 Å². The van der Waals surface area contributed by atoms with Gasteiger partial charge in [-0.25, -0.2) is 4.39 Å². The molecule has 0 bridgehead atoms. The van der Waals surface area contributed by atoms with E-state index in [2.05, 4.69) is 5.32 Å². The molecule has 0 spiro atoms. The van der Waals surface area contributed by atoms with E-state index in [-0.39, 0.29) is 18.3 Å². The molecule has 0 aliphatic carbocycles. The highest BCUT2D eigenvalue weighted by Crippen LogP contribution is 2.27. The molecule has 1 aliphatic rings. The van der Waals surface area contributed by atoms with Crippen molar-refractivity contribution in [1.29, 1.82) is 0 Å². The second-order valence-electron chi connectivity index (χ2n) is 3.76. The average Bonchev–Trinajstić information content (AvgIpc) is 2.67. The van der Waals surface area contributed by atoms with Crippen LogP contribution in [0, 0.1) is 11.7 Å². The maximum atomic E-state index is 12.7. The van der Waals surface area contributed by atoms with Crippen LogP contribution in [0.5, 0.6) is 0 Å². The van der Waals surface area contributed by atoms with E-state index < -0.39 is 0 Å². The molecule has 2 atom stereocenters. The first-order chi connectivity index (χ1) is 6.81. The highest BCUT2D eigenvalue weighted by molar-refractivity contribution is 5.23. The van der Waals surface area contributed by atoms with Gasteiger partial charge in [0.2, 0.25) is 0 Å². The summed E-state index contributed by atoms with van der Waals surface area (Å²) in [7, 11) is 0. The Morgan fingerprint density at radius 2 is 2.00 bits per heavy atom. The first-order valence-corrected chi connectivity index (χ1v) is 4.88. The number of aliphatic hydroxyl groups is 1. The zero-order chi connectivity index (χ0) is 9.97. The van der Waals surface area contributed by atoms with Gasteiger partial charge in [-0.05, 0) is 17.7 Å². The topological polar surface area (TPSA) is 32.3 Å². The van der Waals surface area contributed by atoms with Crippen molar-refractivity contribution in [1.82, 2.24) is 5.32 Å². The minimum absolute atomic E-state index is 0.190. The van der Waals surface area contributed by atoms with Crippen LogP contribution < -0.4 is 5.32 Å². The molecule has 0 radical (unpaired) electrons. The van der Waals surface area contributed by atoms with Crippen LogP contribution in [-0.4, -0.2) is 24.8 Å². The predicted molar refractivity (Wildman–Crippen MR) is 52.6 cm³/mol. The smallest absolute Gasteiger partial charge is 0.123 e. The summed E-state index contributed by atoms with van der Waals surface area (Å²) in [6.07, 6.45) is 0. The zero-order valence-corrected chi connectivity index (χ0v) is 7.91. The van der Waals surface area contributed by atoms with Crippen LogP contribution in [0.3, 0.4) is 0 Å². The number of aliphatic hydroxyl groups excluding tert-OH is 1. The maximum Gasteiger partial charge on any atom is 0.123 e. The Labute approximate surface area is 82.8 Å². The normalized spacial score (nSPS) is 26.7. The molecule has 14 heavy (non-hydrogen) atoms. The fraction of sp³-hybridized carbons (Fsp3) is 0.455. The van der Waals surface area contributed by atoms with Gasteiger partial charge in [-0.15, -0.1) is 0 Å². The molecule has 2 N–H and O–H groups in total. The largest absolute Gasteiger partial charge is 0.396 e. The van der Waals surface area contributed by atoms with E-state index in [4.69, 9.17) is 5.11 Å². The quantitative estimate of drug-likeness (QED) is 0.741. The molecule has 3 heteroatoms. The van der Waals surface area contributed by atoms with Gasteiger partial charge in [0, 0.05) is 31.5 Å². The third kappa shape index (κ3) is 1.79. The molecular weight excluding hydrogens is 181 g/mol. The van der Waals surface area contributed by atoms with E-state index in [0.717, 1.165) is 18.7 Å². The molecule has 0 aromatic heterocycles. The average molecular weight is 195 g/mol. The maximum absolute atomic E-state index is 12.7. The fourth-order valence-corrected chi connectivity index (χ4v) is 2.02. The molecule has 1 aromatic rings. The summed E-state index contributed by atoms with van der Waals surface area (Å²) in [5.74, 6) is 0.376. The standard InChI is InChI=1S/C11H14FNO/c12-10-3-1-8(2-4-10)11-6-13-5-9(11)7-14/h1-4,9,11,13-14H,5-7H2/t9-,11-/m1/s1. The highest BCUT2D eigenvalue weighted by Gasteiger charge is 2.27. The summed E-state index contributed by atoms with van der Waals surface area (Å²) in [4.78, 5) is 0. The van der Waals surface area contributed by atoms with Crippen LogP contribution in [0.15, 0.2) is 24.3 Å². The zero-order valence-electron chi connectivity index (χ0n) is 7.91. The van der Waals surface area contributed by atoms with E-state index >= 15 is 0 Å². The van der Waals surface area contributed by atoms with E-state index in [1.54, 1.807) is 12.1 Å². The second-order valence-corrected chi connectivity index (χ2v) is 3.76. The molecule has 1 saturated heterocycles. The van der Waals surface area contributed by atoms with Gasteiger partial charge < -0.3 is 10.4 Å². The van der Waals surface area contributed by atoms with Crippen LogP contribution in [-0.2, 0) is 0 Å². The first-order valence-electron chi connectivity index (χ1n) is 4.88. The Morgan fingerprint density at radius 1 is 1.29 bits per heavy atom. The number of rotatable bonds is 2. The van der Waals surface area contributed by atoms with Crippen LogP contribution in [0.2, 0.25) is 0 Å². The number of halogens is 1. The van der Waals surface area contributed by atoms with Crippen LogP contribution in [0.1, 0.15) is 11.5 Å².